The van der Waals surface area contributed by atoms with Crippen LogP contribution < -0.4 is 11.1 Å². The molecule has 0 aliphatic carbocycles. The third kappa shape index (κ3) is 2.25. The van der Waals surface area contributed by atoms with Gasteiger partial charge in [-0.3, -0.25) is 4.79 Å². The summed E-state index contributed by atoms with van der Waals surface area (Å²) in [5.41, 5.74) is 7.11. The molecule has 3 N–H and O–H groups in total. The number of hydrogen-bond donors (Lipinski definition) is 2. The van der Waals surface area contributed by atoms with Crippen molar-refractivity contribution in [1.82, 2.24) is 10.3 Å². The summed E-state index contributed by atoms with van der Waals surface area (Å²) in [6.07, 6.45) is 4.51. The van der Waals surface area contributed by atoms with Crippen molar-refractivity contribution < 1.29 is 4.79 Å². The van der Waals surface area contributed by atoms with Crippen molar-refractivity contribution in [2.75, 3.05) is 18.8 Å². The number of hydrogen-bond acceptors (Lipinski definition) is 4. The molecule has 1 fully saturated rings. The number of nitrogen functional groups attached to an aromatic ring is 1. The molecule has 1 saturated heterocycles. The summed E-state index contributed by atoms with van der Waals surface area (Å²) < 4.78 is 0. The molecular weight excluding hydrogens is 226 g/mol. The van der Waals surface area contributed by atoms with E-state index in [1.54, 1.807) is 6.20 Å². The maximum Gasteiger partial charge on any atom is 0.173 e. The van der Waals surface area contributed by atoms with Gasteiger partial charge in [-0.15, -0.1) is 0 Å². The summed E-state index contributed by atoms with van der Waals surface area (Å²) in [5.74, 6) is 0.495. The van der Waals surface area contributed by atoms with Crippen LogP contribution in [0.5, 0.6) is 0 Å². The molecule has 18 heavy (non-hydrogen) atoms. The fraction of sp³-hybridized carbons (Fsp3) is 0.571. The summed E-state index contributed by atoms with van der Waals surface area (Å²) in [7, 11) is 0. The van der Waals surface area contributed by atoms with Gasteiger partial charge in [0.15, 0.2) is 5.78 Å². The zero-order valence-corrected chi connectivity index (χ0v) is 11.1. The standard InChI is InChI=1S/C14H21N3O/c1-3-14(5-4-6-16-9-14)12(18)11-7-10(2)8-17-13(11)15/h7-8,16H,3-6,9H2,1-2H3,(H2,15,17). The number of nitrogens with zero attached hydrogens (tertiary/aromatic N) is 1. The maximum atomic E-state index is 12.8. The van der Waals surface area contributed by atoms with Gasteiger partial charge in [-0.1, -0.05) is 6.92 Å². The van der Waals surface area contributed by atoms with E-state index in [0.29, 0.717) is 11.4 Å². The van der Waals surface area contributed by atoms with E-state index in [1.165, 1.54) is 0 Å². The Bertz CT molecular complexity index is 450. The van der Waals surface area contributed by atoms with E-state index < -0.39 is 0 Å². The quantitative estimate of drug-likeness (QED) is 0.801. The molecule has 4 nitrogen and oxygen atoms in total. The van der Waals surface area contributed by atoms with E-state index in [2.05, 4.69) is 17.2 Å². The van der Waals surface area contributed by atoms with E-state index in [-0.39, 0.29) is 11.2 Å². The second kappa shape index (κ2) is 5.06. The van der Waals surface area contributed by atoms with Crippen molar-refractivity contribution in [3.63, 3.8) is 0 Å². The van der Waals surface area contributed by atoms with Gasteiger partial charge >= 0.3 is 0 Å². The number of piperidine rings is 1. The van der Waals surface area contributed by atoms with Crippen molar-refractivity contribution in [2.24, 2.45) is 5.41 Å². The number of anilines is 1. The largest absolute Gasteiger partial charge is 0.383 e. The van der Waals surface area contributed by atoms with E-state index in [4.69, 9.17) is 5.73 Å². The molecule has 1 aromatic heterocycles. The average molecular weight is 247 g/mol. The summed E-state index contributed by atoms with van der Waals surface area (Å²) >= 11 is 0. The zero-order valence-electron chi connectivity index (χ0n) is 11.1. The summed E-state index contributed by atoms with van der Waals surface area (Å²) in [6.45, 7) is 5.75. The molecule has 0 radical (unpaired) electrons. The number of aromatic nitrogens is 1. The number of rotatable bonds is 3. The lowest BCUT2D eigenvalue weighted by molar-refractivity contribution is 0.0731. The Morgan fingerprint density at radius 1 is 1.61 bits per heavy atom. The van der Waals surface area contributed by atoms with Gasteiger partial charge in [-0.2, -0.15) is 0 Å². The highest BCUT2D eigenvalue weighted by Crippen LogP contribution is 2.35. The van der Waals surface area contributed by atoms with Crippen molar-refractivity contribution in [3.8, 4) is 0 Å². The van der Waals surface area contributed by atoms with Crippen LogP contribution in [0, 0.1) is 12.3 Å². The lowest BCUT2D eigenvalue weighted by Crippen LogP contribution is -2.45. The van der Waals surface area contributed by atoms with Gasteiger partial charge in [0.25, 0.3) is 0 Å². The third-order valence-electron chi connectivity index (χ3n) is 3.93. The highest BCUT2D eigenvalue weighted by Gasteiger charge is 2.39. The van der Waals surface area contributed by atoms with Crippen LogP contribution in [-0.4, -0.2) is 23.9 Å². The van der Waals surface area contributed by atoms with Crippen LogP contribution in [0.2, 0.25) is 0 Å². The molecule has 0 aromatic carbocycles. The molecule has 1 aliphatic rings. The second-order valence-electron chi connectivity index (χ2n) is 5.19. The van der Waals surface area contributed by atoms with Gasteiger partial charge in [0.05, 0.1) is 5.56 Å². The summed E-state index contributed by atoms with van der Waals surface area (Å²) in [6, 6.07) is 1.86. The molecule has 0 bridgehead atoms. The number of carbonyl (C=O) groups excluding carboxylic acids is 1. The molecule has 1 unspecified atom stereocenters. The number of pyridine rings is 1. The van der Waals surface area contributed by atoms with Gasteiger partial charge in [0.1, 0.15) is 5.82 Å². The smallest absolute Gasteiger partial charge is 0.173 e. The third-order valence-corrected chi connectivity index (χ3v) is 3.93. The van der Waals surface area contributed by atoms with Crippen LogP contribution in [0.15, 0.2) is 12.3 Å². The predicted molar refractivity (Wildman–Crippen MR) is 72.5 cm³/mol. The predicted octanol–water partition coefficient (Wildman–Crippen LogP) is 1.93. The Balaban J connectivity index is 2.36. The Labute approximate surface area is 108 Å². The molecule has 98 valence electrons. The Hall–Kier alpha value is -1.42. The van der Waals surface area contributed by atoms with E-state index in [9.17, 15) is 4.79 Å². The lowest BCUT2D eigenvalue weighted by Gasteiger charge is -2.35. The summed E-state index contributed by atoms with van der Waals surface area (Å²) in [4.78, 5) is 16.9. The first kappa shape index (κ1) is 13.0. The number of carbonyl (C=O) groups is 1. The van der Waals surface area contributed by atoms with Crippen LogP contribution in [-0.2, 0) is 0 Å². The van der Waals surface area contributed by atoms with Gasteiger partial charge in [0.2, 0.25) is 0 Å². The van der Waals surface area contributed by atoms with Crippen molar-refractivity contribution >= 4 is 11.6 Å². The molecule has 4 heteroatoms. The maximum absolute atomic E-state index is 12.8. The molecule has 0 amide bonds. The summed E-state index contributed by atoms with van der Waals surface area (Å²) in [5, 5.41) is 3.33. The normalized spacial score (nSPS) is 23.9. The molecule has 2 heterocycles. The first-order chi connectivity index (χ1) is 8.59. The van der Waals surface area contributed by atoms with Gasteiger partial charge in [-0.05, 0) is 44.4 Å². The molecule has 2 rings (SSSR count). The van der Waals surface area contributed by atoms with Crippen molar-refractivity contribution in [3.05, 3.63) is 23.4 Å². The van der Waals surface area contributed by atoms with Crippen LogP contribution >= 0.6 is 0 Å². The monoisotopic (exact) mass is 247 g/mol. The molecule has 1 aliphatic heterocycles. The Kier molecular flexibility index (Phi) is 3.66. The van der Waals surface area contributed by atoms with Crippen LogP contribution in [0.3, 0.4) is 0 Å². The van der Waals surface area contributed by atoms with Gasteiger partial charge in [-0.25, -0.2) is 4.98 Å². The van der Waals surface area contributed by atoms with E-state index in [1.807, 2.05) is 13.0 Å². The minimum atomic E-state index is -0.304. The second-order valence-corrected chi connectivity index (χ2v) is 5.19. The highest BCUT2D eigenvalue weighted by atomic mass is 16.1. The minimum absolute atomic E-state index is 0.144. The highest BCUT2D eigenvalue weighted by molar-refractivity contribution is 6.04. The van der Waals surface area contributed by atoms with E-state index >= 15 is 0 Å². The lowest BCUT2D eigenvalue weighted by atomic mass is 9.72. The van der Waals surface area contributed by atoms with Crippen molar-refractivity contribution in [2.45, 2.75) is 33.1 Å². The fourth-order valence-corrected chi connectivity index (χ4v) is 2.67. The number of Topliss-reactive ketones (excluding diaryl/α,β-unsaturated/α-hetero) is 1. The minimum Gasteiger partial charge on any atom is -0.383 e. The molecular formula is C14H21N3O. The SMILES string of the molecule is CCC1(C(=O)c2cc(C)cnc2N)CCCNC1. The fourth-order valence-electron chi connectivity index (χ4n) is 2.67. The topological polar surface area (TPSA) is 68.0 Å². The first-order valence-electron chi connectivity index (χ1n) is 6.57. The van der Waals surface area contributed by atoms with Crippen molar-refractivity contribution in [1.29, 1.82) is 0 Å². The average Bonchev–Trinajstić information content (AvgIpc) is 2.41. The number of nitrogens with two attached hydrogens (primary N) is 1. The van der Waals surface area contributed by atoms with Gasteiger partial charge < -0.3 is 11.1 Å². The van der Waals surface area contributed by atoms with Crippen LogP contribution in [0.25, 0.3) is 0 Å². The zero-order chi connectivity index (χ0) is 13.2. The van der Waals surface area contributed by atoms with E-state index in [0.717, 1.165) is 37.9 Å². The van der Waals surface area contributed by atoms with Crippen LogP contribution in [0.1, 0.15) is 42.1 Å². The molecule has 0 saturated carbocycles. The molecule has 1 atom stereocenters. The molecule has 1 aromatic rings. The van der Waals surface area contributed by atoms with Crippen LogP contribution in [0.4, 0.5) is 5.82 Å². The number of ketones is 1. The number of nitrogens with one attached hydrogen (secondary N) is 1. The number of aryl methyl sites for hydroxylation is 1. The molecule has 0 spiro atoms. The first-order valence-corrected chi connectivity index (χ1v) is 6.57. The Morgan fingerprint density at radius 2 is 2.39 bits per heavy atom. The Morgan fingerprint density at radius 3 is 3.00 bits per heavy atom. The van der Waals surface area contributed by atoms with Gasteiger partial charge in [0, 0.05) is 18.2 Å².